The molecule has 1 aliphatic rings. The van der Waals surface area contributed by atoms with Gasteiger partial charge in [0.25, 0.3) is 0 Å². The van der Waals surface area contributed by atoms with Crippen molar-refractivity contribution in [2.75, 3.05) is 0 Å². The summed E-state index contributed by atoms with van der Waals surface area (Å²) < 4.78 is 5.22. The highest BCUT2D eigenvalue weighted by atomic mass is 16.6. The minimum Gasteiger partial charge on any atom is -0.460 e. The molecule has 0 aliphatic heterocycles. The van der Waals surface area contributed by atoms with Gasteiger partial charge in [0.05, 0.1) is 6.10 Å². The van der Waals surface area contributed by atoms with Crippen LogP contribution in [0.4, 0.5) is 0 Å². The van der Waals surface area contributed by atoms with E-state index in [2.05, 4.69) is 6.92 Å². The molecule has 0 radical (unpaired) electrons. The fourth-order valence-corrected chi connectivity index (χ4v) is 2.37. The zero-order valence-corrected chi connectivity index (χ0v) is 9.74. The number of esters is 1. The van der Waals surface area contributed by atoms with Gasteiger partial charge in [0.1, 0.15) is 6.10 Å². The van der Waals surface area contributed by atoms with Gasteiger partial charge in [-0.25, -0.2) is 0 Å². The Labute approximate surface area is 91.8 Å². The summed E-state index contributed by atoms with van der Waals surface area (Å²) in [5.41, 5.74) is 0. The van der Waals surface area contributed by atoms with E-state index in [9.17, 15) is 9.90 Å². The number of carbonyl (C=O) groups excluding carboxylic acids is 1. The lowest BCUT2D eigenvalue weighted by atomic mass is 9.81. The van der Waals surface area contributed by atoms with Gasteiger partial charge in [-0.3, -0.25) is 4.79 Å². The number of aliphatic hydroxyl groups is 1. The molecular weight excluding hydrogens is 192 g/mol. The number of unbranched alkanes of at least 4 members (excludes halogenated alkanes) is 1. The van der Waals surface area contributed by atoms with Crippen molar-refractivity contribution >= 4 is 5.97 Å². The number of hydrogen-bond acceptors (Lipinski definition) is 3. The van der Waals surface area contributed by atoms with Gasteiger partial charge in [-0.15, -0.1) is 0 Å². The van der Waals surface area contributed by atoms with E-state index in [4.69, 9.17) is 4.74 Å². The predicted octanol–water partition coefficient (Wildman–Crippen LogP) is 2.27. The molecule has 3 nitrogen and oxygen atoms in total. The van der Waals surface area contributed by atoms with E-state index < -0.39 is 6.10 Å². The van der Waals surface area contributed by atoms with Crippen LogP contribution in [-0.4, -0.2) is 23.3 Å². The first-order valence-electron chi connectivity index (χ1n) is 6.00. The van der Waals surface area contributed by atoms with E-state index in [1.54, 1.807) is 0 Å². The SMILES string of the molecule is CCCC[C@H]1CCC[C@@H](O)[C@@H]1OC(C)=O. The van der Waals surface area contributed by atoms with Crippen LogP contribution in [0.1, 0.15) is 52.4 Å². The molecule has 88 valence electrons. The average molecular weight is 214 g/mol. The smallest absolute Gasteiger partial charge is 0.303 e. The Morgan fingerprint density at radius 2 is 2.20 bits per heavy atom. The van der Waals surface area contributed by atoms with Crippen molar-refractivity contribution in [2.45, 2.75) is 64.6 Å². The summed E-state index contributed by atoms with van der Waals surface area (Å²) in [6.07, 6.45) is 5.54. The van der Waals surface area contributed by atoms with Gasteiger partial charge in [-0.05, 0) is 25.2 Å². The lowest BCUT2D eigenvalue weighted by Crippen LogP contribution is -2.40. The number of rotatable bonds is 4. The van der Waals surface area contributed by atoms with E-state index in [-0.39, 0.29) is 12.1 Å². The summed E-state index contributed by atoms with van der Waals surface area (Å²) in [6, 6.07) is 0. The van der Waals surface area contributed by atoms with Crippen LogP contribution in [0.3, 0.4) is 0 Å². The van der Waals surface area contributed by atoms with Crippen molar-refractivity contribution in [3.05, 3.63) is 0 Å². The molecule has 15 heavy (non-hydrogen) atoms. The van der Waals surface area contributed by atoms with E-state index in [1.165, 1.54) is 6.92 Å². The summed E-state index contributed by atoms with van der Waals surface area (Å²) in [4.78, 5) is 10.9. The third-order valence-corrected chi connectivity index (χ3v) is 3.15. The third kappa shape index (κ3) is 3.82. The molecule has 1 aliphatic carbocycles. The molecule has 0 aromatic heterocycles. The van der Waals surface area contributed by atoms with Crippen molar-refractivity contribution in [1.82, 2.24) is 0 Å². The highest BCUT2D eigenvalue weighted by molar-refractivity contribution is 5.66. The molecule has 0 aromatic rings. The molecular formula is C12H22O3. The third-order valence-electron chi connectivity index (χ3n) is 3.15. The summed E-state index contributed by atoms with van der Waals surface area (Å²) in [5.74, 6) is 0.0834. The Kier molecular flexibility index (Phi) is 5.09. The monoisotopic (exact) mass is 214 g/mol. The van der Waals surface area contributed by atoms with Crippen molar-refractivity contribution in [3.63, 3.8) is 0 Å². The standard InChI is InChI=1S/C12H22O3/c1-3-4-6-10-7-5-8-11(14)12(10)15-9(2)13/h10-12,14H,3-8H2,1-2H3/t10-,11+,12+/m0/s1. The number of hydrogen-bond donors (Lipinski definition) is 1. The minimum absolute atomic E-state index is 0.261. The summed E-state index contributed by atoms with van der Waals surface area (Å²) >= 11 is 0. The van der Waals surface area contributed by atoms with E-state index in [0.717, 1.165) is 38.5 Å². The predicted molar refractivity (Wildman–Crippen MR) is 58.4 cm³/mol. The van der Waals surface area contributed by atoms with Crippen LogP contribution in [0.5, 0.6) is 0 Å². The maximum atomic E-state index is 10.9. The molecule has 1 saturated carbocycles. The summed E-state index contributed by atoms with van der Waals surface area (Å²) in [6.45, 7) is 3.57. The average Bonchev–Trinajstić information content (AvgIpc) is 2.18. The van der Waals surface area contributed by atoms with Crippen molar-refractivity contribution < 1.29 is 14.6 Å². The van der Waals surface area contributed by atoms with Crippen LogP contribution in [-0.2, 0) is 9.53 Å². The first kappa shape index (κ1) is 12.5. The molecule has 0 spiro atoms. The number of ether oxygens (including phenoxy) is 1. The topological polar surface area (TPSA) is 46.5 Å². The normalized spacial score (nSPS) is 31.3. The Morgan fingerprint density at radius 1 is 1.47 bits per heavy atom. The summed E-state index contributed by atoms with van der Waals surface area (Å²) in [7, 11) is 0. The molecule has 0 unspecified atom stereocenters. The lowest BCUT2D eigenvalue weighted by molar-refractivity contribution is -0.160. The summed E-state index contributed by atoms with van der Waals surface area (Å²) in [5, 5.41) is 9.81. The molecule has 0 saturated heterocycles. The van der Waals surface area contributed by atoms with Crippen LogP contribution in [0.15, 0.2) is 0 Å². The lowest BCUT2D eigenvalue weighted by Gasteiger charge is -2.34. The molecule has 3 heteroatoms. The quantitative estimate of drug-likeness (QED) is 0.730. The van der Waals surface area contributed by atoms with E-state index >= 15 is 0 Å². The van der Waals surface area contributed by atoms with Gasteiger partial charge in [-0.2, -0.15) is 0 Å². The van der Waals surface area contributed by atoms with Gasteiger partial charge in [0.15, 0.2) is 0 Å². The Bertz CT molecular complexity index is 203. The van der Waals surface area contributed by atoms with Crippen molar-refractivity contribution in [1.29, 1.82) is 0 Å². The molecule has 1 N–H and O–H groups in total. The Morgan fingerprint density at radius 3 is 2.80 bits per heavy atom. The fourth-order valence-electron chi connectivity index (χ4n) is 2.37. The molecule has 0 bridgehead atoms. The highest BCUT2D eigenvalue weighted by Gasteiger charge is 2.33. The first-order chi connectivity index (χ1) is 7.15. The molecule has 0 heterocycles. The zero-order valence-electron chi connectivity index (χ0n) is 9.74. The Balaban J connectivity index is 2.51. The molecule has 0 amide bonds. The van der Waals surface area contributed by atoms with Gasteiger partial charge in [0, 0.05) is 6.92 Å². The maximum Gasteiger partial charge on any atom is 0.303 e. The van der Waals surface area contributed by atoms with E-state index in [1.807, 2.05) is 0 Å². The molecule has 0 aromatic carbocycles. The van der Waals surface area contributed by atoms with Crippen LogP contribution in [0.25, 0.3) is 0 Å². The Hall–Kier alpha value is -0.570. The second-order valence-electron chi connectivity index (χ2n) is 4.47. The van der Waals surface area contributed by atoms with Crippen LogP contribution in [0.2, 0.25) is 0 Å². The zero-order chi connectivity index (χ0) is 11.3. The van der Waals surface area contributed by atoms with Gasteiger partial charge < -0.3 is 9.84 Å². The maximum absolute atomic E-state index is 10.9. The number of aliphatic hydroxyl groups excluding tert-OH is 1. The largest absolute Gasteiger partial charge is 0.460 e. The van der Waals surface area contributed by atoms with Gasteiger partial charge in [-0.1, -0.05) is 26.2 Å². The first-order valence-corrected chi connectivity index (χ1v) is 6.00. The minimum atomic E-state index is -0.454. The van der Waals surface area contributed by atoms with Crippen LogP contribution in [0, 0.1) is 5.92 Å². The second kappa shape index (κ2) is 6.11. The van der Waals surface area contributed by atoms with E-state index in [0.29, 0.717) is 5.92 Å². The van der Waals surface area contributed by atoms with Crippen molar-refractivity contribution in [3.8, 4) is 0 Å². The highest BCUT2D eigenvalue weighted by Crippen LogP contribution is 2.31. The number of carbonyl (C=O) groups is 1. The van der Waals surface area contributed by atoms with Crippen LogP contribution < -0.4 is 0 Å². The van der Waals surface area contributed by atoms with Gasteiger partial charge >= 0.3 is 5.97 Å². The molecule has 1 fully saturated rings. The molecule has 1 rings (SSSR count). The second-order valence-corrected chi connectivity index (χ2v) is 4.47. The molecule has 3 atom stereocenters. The van der Waals surface area contributed by atoms with Gasteiger partial charge in [0.2, 0.25) is 0 Å². The van der Waals surface area contributed by atoms with Crippen molar-refractivity contribution in [2.24, 2.45) is 5.92 Å². The fraction of sp³-hybridized carbons (Fsp3) is 0.917. The van der Waals surface area contributed by atoms with Crippen LogP contribution >= 0.6 is 0 Å².